The van der Waals surface area contributed by atoms with Crippen molar-refractivity contribution in [1.82, 2.24) is 0 Å². The zero-order valence-corrected chi connectivity index (χ0v) is 26.0. The first-order valence-electron chi connectivity index (χ1n) is 13.0. The van der Waals surface area contributed by atoms with Gasteiger partial charge in [-0.1, -0.05) is 91.0 Å². The van der Waals surface area contributed by atoms with Gasteiger partial charge in [0.05, 0.1) is 5.48 Å². The number of hydrogen-bond donors (Lipinski definition) is 2. The highest BCUT2D eigenvalue weighted by Gasteiger charge is 2.32. The molecule has 2 atom stereocenters. The van der Waals surface area contributed by atoms with E-state index in [2.05, 4.69) is 107 Å². The highest BCUT2D eigenvalue weighted by Crippen LogP contribution is 2.45. The molecule has 2 unspecified atom stereocenters. The fraction of sp³-hybridized carbons (Fsp3) is 0.419. The minimum atomic E-state index is 0.0142. The Balaban J connectivity index is 0.00000120. The van der Waals surface area contributed by atoms with Crippen molar-refractivity contribution in [2.75, 3.05) is 6.73 Å². The third kappa shape index (κ3) is 8.83. The molecule has 2 N–H and O–H groups in total. The molecule has 0 aromatic heterocycles. The van der Waals surface area contributed by atoms with Crippen LogP contribution in [-0.2, 0) is 4.74 Å². The molecule has 3 rings (SSSR count). The van der Waals surface area contributed by atoms with Crippen molar-refractivity contribution in [1.29, 1.82) is 0 Å². The highest BCUT2D eigenvalue weighted by atomic mass is 32.1. The van der Waals surface area contributed by atoms with E-state index >= 15 is 0 Å². The van der Waals surface area contributed by atoms with E-state index in [-0.39, 0.29) is 12.6 Å². The van der Waals surface area contributed by atoms with E-state index in [4.69, 9.17) is 10.5 Å². The van der Waals surface area contributed by atoms with Gasteiger partial charge < -0.3 is 10.5 Å². The van der Waals surface area contributed by atoms with Crippen LogP contribution in [0, 0.1) is 6.92 Å². The van der Waals surface area contributed by atoms with Gasteiger partial charge in [0.2, 0.25) is 0 Å². The topological polar surface area (TPSA) is 35.2 Å². The van der Waals surface area contributed by atoms with Crippen molar-refractivity contribution >= 4 is 41.1 Å². The summed E-state index contributed by atoms with van der Waals surface area (Å²) in [4.78, 5) is 0.947. The second-order valence-corrected chi connectivity index (χ2v) is 10.3. The lowest BCUT2D eigenvalue weighted by atomic mass is 9.72. The summed E-state index contributed by atoms with van der Waals surface area (Å²) >= 11 is 4.63. The average Bonchev–Trinajstić information content (AvgIpc) is 2.87. The van der Waals surface area contributed by atoms with Crippen LogP contribution in [0.5, 0.6) is 0 Å². The van der Waals surface area contributed by atoms with E-state index < -0.39 is 0 Å². The number of nitrogens with two attached hydrogens (primary N) is 1. The first-order chi connectivity index (χ1) is 17.3. The maximum atomic E-state index is 5.69. The SMILES string of the molecule is C/C=C(/C(=P)OCN)C(C1=C(C)CC(c2ccccc2)CC1=P)c1cc(S)ccc1C.CC.CCC. The Kier molecular flexibility index (Phi) is 15.5. The minimum absolute atomic E-state index is 0.0142. The van der Waals surface area contributed by atoms with Crippen molar-refractivity contribution in [3.05, 3.63) is 88.0 Å². The van der Waals surface area contributed by atoms with E-state index in [1.54, 1.807) is 0 Å². The first kappa shape index (κ1) is 32.6. The van der Waals surface area contributed by atoms with Crippen LogP contribution < -0.4 is 5.73 Å². The summed E-state index contributed by atoms with van der Waals surface area (Å²) in [5, 5.41) is 1.23. The molecule has 0 bridgehead atoms. The molecule has 36 heavy (non-hydrogen) atoms. The lowest BCUT2D eigenvalue weighted by Crippen LogP contribution is -2.25. The Morgan fingerprint density at radius 3 is 2.25 bits per heavy atom. The lowest BCUT2D eigenvalue weighted by Gasteiger charge is -2.34. The molecule has 0 saturated heterocycles. The van der Waals surface area contributed by atoms with E-state index in [1.807, 2.05) is 26.8 Å². The summed E-state index contributed by atoms with van der Waals surface area (Å²) in [5.74, 6) is 0.483. The number of benzene rings is 2. The Morgan fingerprint density at radius 2 is 1.72 bits per heavy atom. The molecule has 1 aliphatic rings. The third-order valence-electron chi connectivity index (χ3n) is 6.03. The highest BCUT2D eigenvalue weighted by molar-refractivity contribution is 7.80. The molecule has 5 heteroatoms. The minimum Gasteiger partial charge on any atom is -0.327 e. The lowest BCUT2D eigenvalue weighted by molar-refractivity contribution is 0.324. The standard InChI is InChI=1S/C26H31NOP2S.C3H8.C2H6/c1-4-21(26(30)28-15-27)25(22-14-20(31)11-10-16(22)2)24-17(3)12-19(13-23(24)29)18-8-6-5-7-9-18;1-3-2;1-2/h4-11,14,19,25,29-31H,12-13,15,27H2,1-3H3;3H2,1-2H3;1-2H3/b21-4+;;. The zero-order valence-electron chi connectivity index (χ0n) is 23.1. The molecular formula is C31H45NOP2S. The number of allylic oxidation sites excluding steroid dienone is 3. The molecule has 196 valence electrons. The number of thiol groups is 1. The summed E-state index contributed by atoms with van der Waals surface area (Å²) in [6.45, 7) is 14.8. The summed E-state index contributed by atoms with van der Waals surface area (Å²) in [6.07, 6.45) is 5.35. The molecular weight excluding hydrogens is 496 g/mol. The van der Waals surface area contributed by atoms with E-state index in [1.165, 1.54) is 39.6 Å². The van der Waals surface area contributed by atoms with Crippen molar-refractivity contribution < 1.29 is 4.74 Å². The van der Waals surface area contributed by atoms with Gasteiger partial charge in [-0.05, 0) is 84.8 Å². The molecule has 0 aliphatic heterocycles. The van der Waals surface area contributed by atoms with Crippen molar-refractivity contribution in [2.45, 2.75) is 84.5 Å². The molecule has 1 aliphatic carbocycles. The summed E-state index contributed by atoms with van der Waals surface area (Å²) in [6, 6.07) is 17.1. The quantitative estimate of drug-likeness (QED) is 0.208. The third-order valence-corrected chi connectivity index (χ3v) is 7.22. The van der Waals surface area contributed by atoms with Gasteiger partial charge in [0.1, 0.15) is 6.73 Å². The van der Waals surface area contributed by atoms with Crippen molar-refractivity contribution in [3.8, 4) is 0 Å². The first-order valence-corrected chi connectivity index (χ1v) is 14.4. The molecule has 0 heterocycles. The number of ether oxygens (including phenoxy) is 1. The monoisotopic (exact) mass is 541 g/mol. The average molecular weight is 542 g/mol. The van der Waals surface area contributed by atoms with Crippen molar-refractivity contribution in [3.63, 3.8) is 0 Å². The molecule has 0 fully saturated rings. The summed E-state index contributed by atoms with van der Waals surface area (Å²) < 4.78 is 5.69. The molecule has 0 saturated carbocycles. The van der Waals surface area contributed by atoms with Gasteiger partial charge in [0.25, 0.3) is 0 Å². The van der Waals surface area contributed by atoms with Gasteiger partial charge in [-0.25, -0.2) is 0 Å². The van der Waals surface area contributed by atoms with E-state index in [0.717, 1.165) is 23.3 Å². The van der Waals surface area contributed by atoms with Crippen LogP contribution >= 0.6 is 30.4 Å². The van der Waals surface area contributed by atoms with Gasteiger partial charge in [-0.15, -0.1) is 21.5 Å². The molecule has 2 aromatic carbocycles. The van der Waals surface area contributed by atoms with Crippen LogP contribution in [0.1, 0.15) is 89.3 Å². The van der Waals surface area contributed by atoms with Crippen molar-refractivity contribution in [2.24, 2.45) is 5.73 Å². The molecule has 0 amide bonds. The number of rotatable bonds is 7. The van der Waals surface area contributed by atoms with Crippen LogP contribution in [0.25, 0.3) is 0 Å². The molecule has 2 aromatic rings. The van der Waals surface area contributed by atoms with Crippen LogP contribution in [0.4, 0.5) is 0 Å². The Bertz CT molecular complexity index is 1060. The Morgan fingerprint density at radius 1 is 1.11 bits per heavy atom. The van der Waals surface area contributed by atoms with Crippen LogP contribution in [-0.4, -0.2) is 17.5 Å². The fourth-order valence-electron chi connectivity index (χ4n) is 4.56. The summed E-state index contributed by atoms with van der Waals surface area (Å²) in [5.41, 5.74) is 13.9. The Labute approximate surface area is 230 Å². The van der Waals surface area contributed by atoms with E-state index in [0.29, 0.717) is 11.4 Å². The maximum Gasteiger partial charge on any atom is 0.101 e. The molecule has 0 spiro atoms. The molecule has 2 nitrogen and oxygen atoms in total. The predicted molar refractivity (Wildman–Crippen MR) is 170 cm³/mol. The van der Waals surface area contributed by atoms with Gasteiger partial charge in [-0.3, -0.25) is 0 Å². The van der Waals surface area contributed by atoms with Gasteiger partial charge in [-0.2, -0.15) is 0 Å². The zero-order chi connectivity index (χ0) is 27.3. The van der Waals surface area contributed by atoms with Gasteiger partial charge in [0, 0.05) is 10.8 Å². The fourth-order valence-corrected chi connectivity index (χ4v) is 5.75. The molecule has 0 radical (unpaired) electrons. The Hall–Kier alpha value is -1.47. The van der Waals surface area contributed by atoms with Gasteiger partial charge >= 0.3 is 0 Å². The van der Waals surface area contributed by atoms with Crippen LogP contribution in [0.15, 0.2) is 76.2 Å². The maximum absolute atomic E-state index is 5.69. The van der Waals surface area contributed by atoms with E-state index in [9.17, 15) is 0 Å². The van der Waals surface area contributed by atoms with Crippen LogP contribution in [0.3, 0.4) is 0 Å². The largest absolute Gasteiger partial charge is 0.327 e. The normalized spacial score (nSPS) is 16.4. The summed E-state index contributed by atoms with van der Waals surface area (Å²) in [7, 11) is 7.74. The predicted octanol–water partition coefficient (Wildman–Crippen LogP) is 9.17. The number of hydrogen-bond acceptors (Lipinski definition) is 3. The number of aryl methyl sites for hydroxylation is 1. The van der Waals surface area contributed by atoms with Gasteiger partial charge in [0.15, 0.2) is 0 Å². The smallest absolute Gasteiger partial charge is 0.101 e. The second kappa shape index (κ2) is 17.1. The second-order valence-electron chi connectivity index (χ2n) is 8.75. The van der Waals surface area contributed by atoms with Crippen LogP contribution in [0.2, 0.25) is 0 Å².